The van der Waals surface area contributed by atoms with Gasteiger partial charge in [-0.2, -0.15) is 0 Å². The second kappa shape index (κ2) is 8.49. The van der Waals surface area contributed by atoms with Crippen LogP contribution in [-0.4, -0.2) is 30.8 Å². The zero-order valence-corrected chi connectivity index (χ0v) is 14.3. The summed E-state index contributed by atoms with van der Waals surface area (Å²) < 4.78 is 10.9. The van der Waals surface area contributed by atoms with E-state index in [9.17, 15) is 4.79 Å². The van der Waals surface area contributed by atoms with Crippen LogP contribution in [-0.2, 0) is 16.1 Å². The average Bonchev–Trinajstić information content (AvgIpc) is 2.67. The Morgan fingerprint density at radius 1 is 1.16 bits per heavy atom. The van der Waals surface area contributed by atoms with Crippen molar-refractivity contribution in [2.45, 2.75) is 19.4 Å². The lowest BCUT2D eigenvalue weighted by Crippen LogP contribution is -2.32. The molecule has 0 saturated carbocycles. The molecule has 0 unspecified atom stereocenters. The van der Waals surface area contributed by atoms with Gasteiger partial charge in [-0.05, 0) is 36.1 Å². The van der Waals surface area contributed by atoms with Gasteiger partial charge in [-0.1, -0.05) is 43.0 Å². The van der Waals surface area contributed by atoms with Gasteiger partial charge in [0.15, 0.2) is 0 Å². The van der Waals surface area contributed by atoms with Crippen LogP contribution in [0.3, 0.4) is 0 Å². The number of esters is 1. The smallest absolute Gasteiger partial charge is 0.330 e. The molecule has 1 aliphatic rings. The Bertz CT molecular complexity index is 727. The van der Waals surface area contributed by atoms with Gasteiger partial charge in [0.1, 0.15) is 12.5 Å². The Hall–Kier alpha value is -2.59. The number of ether oxygens (including phenoxy) is 2. The van der Waals surface area contributed by atoms with Gasteiger partial charge in [-0.25, -0.2) is 4.79 Å². The van der Waals surface area contributed by atoms with Gasteiger partial charge < -0.3 is 9.47 Å². The number of benzene rings is 2. The minimum atomic E-state index is -0.358. The monoisotopic (exact) mass is 337 g/mol. The van der Waals surface area contributed by atoms with E-state index in [1.54, 1.807) is 0 Å². The van der Waals surface area contributed by atoms with Gasteiger partial charge in [-0.15, -0.1) is 0 Å². The Balaban J connectivity index is 1.54. The zero-order valence-electron chi connectivity index (χ0n) is 14.3. The Morgan fingerprint density at radius 2 is 2.00 bits per heavy atom. The van der Waals surface area contributed by atoms with Gasteiger partial charge in [0.2, 0.25) is 0 Å². The van der Waals surface area contributed by atoms with Crippen molar-refractivity contribution >= 4 is 5.97 Å². The third-order valence-electron chi connectivity index (χ3n) is 4.24. The molecule has 0 aliphatic carbocycles. The molecule has 0 fully saturated rings. The minimum absolute atomic E-state index is 0.358. The van der Waals surface area contributed by atoms with Crippen LogP contribution in [0.5, 0.6) is 5.75 Å². The first-order valence-electron chi connectivity index (χ1n) is 8.59. The predicted molar refractivity (Wildman–Crippen MR) is 98.2 cm³/mol. The number of unbranched alkanes of at least 4 members (excludes halogenated alkanes) is 1. The lowest BCUT2D eigenvalue weighted by molar-refractivity contribution is -0.137. The molecule has 4 nitrogen and oxygen atoms in total. The number of hydrogen-bond donors (Lipinski definition) is 0. The highest BCUT2D eigenvalue weighted by atomic mass is 16.5. The molecule has 0 spiro atoms. The number of carbonyl (C=O) groups is 1. The summed E-state index contributed by atoms with van der Waals surface area (Å²) in [7, 11) is 0. The maximum Gasteiger partial charge on any atom is 0.330 e. The standard InChI is InChI=1S/C21H23NO3/c1-2-21(23)24-13-7-6-12-22-15-19-14-18(10-11-20(19)25-16-22)17-8-4-3-5-9-17/h2-5,8-11,14H,1,6-7,12-13,15-16H2. The molecule has 4 heteroatoms. The lowest BCUT2D eigenvalue weighted by Gasteiger charge is -2.29. The van der Waals surface area contributed by atoms with Crippen molar-refractivity contribution in [3.05, 3.63) is 66.7 Å². The SMILES string of the molecule is C=CC(=O)OCCCCN1COc2ccc(-c3ccccc3)cc2C1. The molecule has 0 radical (unpaired) electrons. The van der Waals surface area contributed by atoms with Crippen molar-refractivity contribution in [2.75, 3.05) is 19.9 Å². The summed E-state index contributed by atoms with van der Waals surface area (Å²) in [6.07, 6.45) is 2.99. The van der Waals surface area contributed by atoms with E-state index in [0.717, 1.165) is 31.7 Å². The first-order chi connectivity index (χ1) is 12.3. The summed E-state index contributed by atoms with van der Waals surface area (Å²) in [5.41, 5.74) is 3.64. The summed E-state index contributed by atoms with van der Waals surface area (Å²) in [5, 5.41) is 0. The van der Waals surface area contributed by atoms with Gasteiger partial charge in [0.25, 0.3) is 0 Å². The number of hydrogen-bond acceptors (Lipinski definition) is 4. The lowest BCUT2D eigenvalue weighted by atomic mass is 10.0. The summed E-state index contributed by atoms with van der Waals surface area (Å²) in [5.74, 6) is 0.611. The highest BCUT2D eigenvalue weighted by Crippen LogP contribution is 2.30. The molecule has 2 aromatic rings. The summed E-state index contributed by atoms with van der Waals surface area (Å²) in [6, 6.07) is 16.7. The molecule has 2 aromatic carbocycles. The van der Waals surface area contributed by atoms with E-state index in [4.69, 9.17) is 9.47 Å². The molecule has 0 N–H and O–H groups in total. The number of nitrogens with zero attached hydrogens (tertiary/aromatic N) is 1. The van der Waals surface area contributed by atoms with Crippen LogP contribution in [0.1, 0.15) is 18.4 Å². The highest BCUT2D eigenvalue weighted by molar-refractivity contribution is 5.81. The van der Waals surface area contributed by atoms with Crippen molar-refractivity contribution in [3.63, 3.8) is 0 Å². The van der Waals surface area contributed by atoms with Crippen LogP contribution < -0.4 is 4.74 Å². The van der Waals surface area contributed by atoms with Crippen molar-refractivity contribution in [1.82, 2.24) is 4.90 Å². The van der Waals surface area contributed by atoms with E-state index >= 15 is 0 Å². The molecular formula is C21H23NO3. The van der Waals surface area contributed by atoms with E-state index in [2.05, 4.69) is 53.9 Å². The molecule has 0 amide bonds. The molecule has 130 valence electrons. The van der Waals surface area contributed by atoms with Crippen molar-refractivity contribution < 1.29 is 14.3 Å². The van der Waals surface area contributed by atoms with E-state index in [0.29, 0.717) is 13.3 Å². The molecule has 1 heterocycles. The molecule has 0 aromatic heterocycles. The zero-order chi connectivity index (χ0) is 17.5. The fourth-order valence-corrected chi connectivity index (χ4v) is 2.91. The van der Waals surface area contributed by atoms with E-state index < -0.39 is 0 Å². The van der Waals surface area contributed by atoms with Crippen molar-refractivity contribution in [1.29, 1.82) is 0 Å². The van der Waals surface area contributed by atoms with E-state index in [1.807, 2.05) is 6.07 Å². The van der Waals surface area contributed by atoms with Gasteiger partial charge in [-0.3, -0.25) is 4.90 Å². The topological polar surface area (TPSA) is 38.8 Å². The van der Waals surface area contributed by atoms with Crippen LogP contribution in [0.15, 0.2) is 61.2 Å². The maximum absolute atomic E-state index is 11.0. The van der Waals surface area contributed by atoms with Crippen molar-refractivity contribution in [3.8, 4) is 16.9 Å². The van der Waals surface area contributed by atoms with Crippen molar-refractivity contribution in [2.24, 2.45) is 0 Å². The summed E-state index contributed by atoms with van der Waals surface area (Å²) in [6.45, 7) is 6.22. The average molecular weight is 337 g/mol. The molecule has 0 bridgehead atoms. The van der Waals surface area contributed by atoms with E-state index in [1.165, 1.54) is 22.8 Å². The first kappa shape index (κ1) is 17.2. The summed E-state index contributed by atoms with van der Waals surface area (Å²) in [4.78, 5) is 13.3. The normalized spacial score (nSPS) is 13.6. The highest BCUT2D eigenvalue weighted by Gasteiger charge is 2.17. The molecule has 0 atom stereocenters. The quantitative estimate of drug-likeness (QED) is 0.435. The molecule has 1 aliphatic heterocycles. The number of carbonyl (C=O) groups excluding carboxylic acids is 1. The summed E-state index contributed by atoms with van der Waals surface area (Å²) >= 11 is 0. The third kappa shape index (κ3) is 4.70. The predicted octanol–water partition coefficient (Wildman–Crippen LogP) is 4.01. The fraction of sp³-hybridized carbons (Fsp3) is 0.286. The minimum Gasteiger partial charge on any atom is -0.478 e. The second-order valence-electron chi connectivity index (χ2n) is 6.09. The number of rotatable bonds is 7. The Morgan fingerprint density at radius 3 is 2.80 bits per heavy atom. The van der Waals surface area contributed by atoms with Crippen LogP contribution in [0, 0.1) is 0 Å². The Kier molecular flexibility index (Phi) is 5.86. The molecular weight excluding hydrogens is 314 g/mol. The largest absolute Gasteiger partial charge is 0.478 e. The van der Waals surface area contributed by atoms with E-state index in [-0.39, 0.29) is 5.97 Å². The van der Waals surface area contributed by atoms with Gasteiger partial charge in [0, 0.05) is 24.7 Å². The van der Waals surface area contributed by atoms with Gasteiger partial charge >= 0.3 is 5.97 Å². The maximum atomic E-state index is 11.0. The van der Waals surface area contributed by atoms with Crippen LogP contribution in [0.2, 0.25) is 0 Å². The first-order valence-corrected chi connectivity index (χ1v) is 8.59. The molecule has 0 saturated heterocycles. The fourth-order valence-electron chi connectivity index (χ4n) is 2.91. The molecule has 25 heavy (non-hydrogen) atoms. The van der Waals surface area contributed by atoms with Crippen LogP contribution in [0.4, 0.5) is 0 Å². The van der Waals surface area contributed by atoms with Crippen LogP contribution >= 0.6 is 0 Å². The molecule has 3 rings (SSSR count). The second-order valence-corrected chi connectivity index (χ2v) is 6.09. The van der Waals surface area contributed by atoms with Gasteiger partial charge in [0.05, 0.1) is 6.61 Å². The Labute approximate surface area is 148 Å². The van der Waals surface area contributed by atoms with Crippen LogP contribution in [0.25, 0.3) is 11.1 Å². The third-order valence-corrected chi connectivity index (χ3v) is 4.24. The number of fused-ring (bicyclic) bond motifs is 1.